The Labute approximate surface area is 122 Å². The second-order valence-corrected chi connectivity index (χ2v) is 5.16. The number of aryl methyl sites for hydroxylation is 2. The van der Waals surface area contributed by atoms with Crippen LogP contribution in [0.25, 0.3) is 10.9 Å². The Bertz CT molecular complexity index is 787. The molecule has 0 unspecified atom stereocenters. The molecule has 0 radical (unpaired) electrons. The van der Waals surface area contributed by atoms with Crippen LogP contribution in [0, 0.1) is 12.7 Å². The Balaban J connectivity index is 1.95. The molecule has 3 aromatic rings. The van der Waals surface area contributed by atoms with E-state index in [2.05, 4.69) is 4.57 Å². The van der Waals surface area contributed by atoms with Crippen LogP contribution < -0.4 is 0 Å². The second kappa shape index (κ2) is 5.52. The van der Waals surface area contributed by atoms with Crippen molar-refractivity contribution < 1.29 is 9.18 Å². The maximum Gasteiger partial charge on any atom is 0.152 e. The van der Waals surface area contributed by atoms with E-state index in [1.54, 1.807) is 12.1 Å². The van der Waals surface area contributed by atoms with Gasteiger partial charge in [-0.25, -0.2) is 4.39 Å². The number of rotatable bonds is 4. The van der Waals surface area contributed by atoms with Crippen molar-refractivity contribution >= 4 is 17.2 Å². The highest BCUT2D eigenvalue weighted by Gasteiger charge is 2.12. The number of carbonyl (C=O) groups is 1. The Morgan fingerprint density at radius 1 is 1.10 bits per heavy atom. The number of para-hydroxylation sites is 1. The van der Waals surface area contributed by atoms with E-state index in [9.17, 15) is 9.18 Å². The van der Waals surface area contributed by atoms with Gasteiger partial charge in [0.1, 0.15) is 5.82 Å². The van der Waals surface area contributed by atoms with Gasteiger partial charge in [-0.3, -0.25) is 4.79 Å². The number of halogens is 1. The van der Waals surface area contributed by atoms with Gasteiger partial charge in [-0.1, -0.05) is 30.3 Å². The van der Waals surface area contributed by atoms with Crippen LogP contribution in [0.15, 0.2) is 48.5 Å². The van der Waals surface area contributed by atoms with Gasteiger partial charge in [-0.15, -0.1) is 0 Å². The first-order chi connectivity index (χ1) is 10.2. The van der Waals surface area contributed by atoms with Crippen molar-refractivity contribution in [3.05, 3.63) is 71.2 Å². The summed E-state index contributed by atoms with van der Waals surface area (Å²) in [6.07, 6.45) is 1.73. The number of fused-ring (bicyclic) bond motifs is 1. The highest BCUT2D eigenvalue weighted by atomic mass is 19.1. The zero-order valence-corrected chi connectivity index (χ0v) is 11.8. The topological polar surface area (TPSA) is 22.0 Å². The number of aldehydes is 1. The van der Waals surface area contributed by atoms with E-state index in [-0.39, 0.29) is 5.82 Å². The van der Waals surface area contributed by atoms with Crippen LogP contribution in [-0.2, 0) is 13.0 Å². The molecule has 21 heavy (non-hydrogen) atoms. The monoisotopic (exact) mass is 281 g/mol. The van der Waals surface area contributed by atoms with E-state index in [0.29, 0.717) is 0 Å². The molecule has 1 aromatic heterocycles. The van der Waals surface area contributed by atoms with Crippen LogP contribution >= 0.6 is 0 Å². The van der Waals surface area contributed by atoms with Gasteiger partial charge in [0.15, 0.2) is 6.29 Å². The quantitative estimate of drug-likeness (QED) is 0.659. The summed E-state index contributed by atoms with van der Waals surface area (Å²) in [5, 5.41) is 0.990. The van der Waals surface area contributed by atoms with E-state index in [0.717, 1.165) is 47.0 Å². The van der Waals surface area contributed by atoms with Crippen molar-refractivity contribution in [1.29, 1.82) is 0 Å². The van der Waals surface area contributed by atoms with E-state index >= 15 is 0 Å². The van der Waals surface area contributed by atoms with Crippen molar-refractivity contribution in [1.82, 2.24) is 4.57 Å². The lowest BCUT2D eigenvalue weighted by atomic mass is 10.1. The van der Waals surface area contributed by atoms with E-state index in [1.165, 1.54) is 12.1 Å². The highest BCUT2D eigenvalue weighted by Crippen LogP contribution is 2.24. The molecule has 0 aliphatic heterocycles. The second-order valence-electron chi connectivity index (χ2n) is 5.16. The Morgan fingerprint density at radius 3 is 2.52 bits per heavy atom. The standard InChI is InChI=1S/C18H16FNO/c1-13-17(12-21)16-4-2-3-5-18(16)20(13)11-10-14-6-8-15(19)9-7-14/h2-9,12H,10-11H2,1H3. The maximum absolute atomic E-state index is 12.9. The Morgan fingerprint density at radius 2 is 1.81 bits per heavy atom. The minimum Gasteiger partial charge on any atom is -0.344 e. The molecule has 0 atom stereocenters. The summed E-state index contributed by atoms with van der Waals surface area (Å²) < 4.78 is 15.1. The summed E-state index contributed by atoms with van der Waals surface area (Å²) in [5.41, 5.74) is 3.89. The number of hydrogen-bond acceptors (Lipinski definition) is 1. The van der Waals surface area contributed by atoms with E-state index in [1.807, 2.05) is 31.2 Å². The molecule has 0 fully saturated rings. The largest absolute Gasteiger partial charge is 0.344 e. The van der Waals surface area contributed by atoms with Crippen LogP contribution in [0.3, 0.4) is 0 Å². The highest BCUT2D eigenvalue weighted by molar-refractivity contribution is 5.99. The van der Waals surface area contributed by atoms with Gasteiger partial charge in [-0.05, 0) is 37.1 Å². The third kappa shape index (κ3) is 2.47. The van der Waals surface area contributed by atoms with Crippen molar-refractivity contribution in [2.45, 2.75) is 19.9 Å². The van der Waals surface area contributed by atoms with Gasteiger partial charge < -0.3 is 4.57 Å². The van der Waals surface area contributed by atoms with Crippen molar-refractivity contribution in [3.8, 4) is 0 Å². The Kier molecular flexibility index (Phi) is 3.57. The molecular formula is C18H16FNO. The van der Waals surface area contributed by atoms with Crippen LogP contribution in [0.4, 0.5) is 4.39 Å². The van der Waals surface area contributed by atoms with E-state index < -0.39 is 0 Å². The number of aromatic nitrogens is 1. The lowest BCUT2D eigenvalue weighted by molar-refractivity contribution is 0.112. The first-order valence-corrected chi connectivity index (χ1v) is 6.98. The molecule has 0 spiro atoms. The third-order valence-electron chi connectivity index (χ3n) is 3.93. The smallest absolute Gasteiger partial charge is 0.152 e. The minimum atomic E-state index is -0.218. The maximum atomic E-state index is 12.9. The summed E-state index contributed by atoms with van der Waals surface area (Å²) >= 11 is 0. The normalized spacial score (nSPS) is 11.0. The molecule has 1 heterocycles. The average Bonchev–Trinajstić information content (AvgIpc) is 2.78. The fourth-order valence-electron chi connectivity index (χ4n) is 2.79. The van der Waals surface area contributed by atoms with Crippen LogP contribution in [-0.4, -0.2) is 10.9 Å². The number of nitrogens with zero attached hydrogens (tertiary/aromatic N) is 1. The van der Waals surface area contributed by atoms with Crippen molar-refractivity contribution in [3.63, 3.8) is 0 Å². The molecular weight excluding hydrogens is 265 g/mol. The molecule has 0 saturated carbocycles. The molecule has 0 N–H and O–H groups in total. The zero-order valence-electron chi connectivity index (χ0n) is 11.8. The first-order valence-electron chi connectivity index (χ1n) is 6.98. The van der Waals surface area contributed by atoms with Gasteiger partial charge in [0.25, 0.3) is 0 Å². The molecule has 0 aliphatic rings. The van der Waals surface area contributed by atoms with Crippen molar-refractivity contribution in [2.75, 3.05) is 0 Å². The lowest BCUT2D eigenvalue weighted by Gasteiger charge is -2.08. The summed E-state index contributed by atoms with van der Waals surface area (Å²) in [7, 11) is 0. The lowest BCUT2D eigenvalue weighted by Crippen LogP contribution is -2.03. The number of carbonyl (C=O) groups excluding carboxylic acids is 1. The number of hydrogen-bond donors (Lipinski definition) is 0. The SMILES string of the molecule is Cc1c(C=O)c2ccccc2n1CCc1ccc(F)cc1. The first kappa shape index (κ1) is 13.6. The van der Waals surface area contributed by atoms with E-state index in [4.69, 9.17) is 0 Å². The van der Waals surface area contributed by atoms with Gasteiger partial charge >= 0.3 is 0 Å². The summed E-state index contributed by atoms with van der Waals surface area (Å²) in [5.74, 6) is -0.218. The fraction of sp³-hybridized carbons (Fsp3) is 0.167. The molecule has 0 aliphatic carbocycles. The molecule has 106 valence electrons. The average molecular weight is 281 g/mol. The molecule has 3 heteroatoms. The zero-order chi connectivity index (χ0) is 14.8. The van der Waals surface area contributed by atoms with Crippen LogP contribution in [0.5, 0.6) is 0 Å². The summed E-state index contributed by atoms with van der Waals surface area (Å²) in [6.45, 7) is 2.74. The minimum absolute atomic E-state index is 0.218. The molecule has 2 aromatic carbocycles. The third-order valence-corrected chi connectivity index (χ3v) is 3.93. The van der Waals surface area contributed by atoms with Gasteiger partial charge in [-0.2, -0.15) is 0 Å². The molecule has 0 saturated heterocycles. The summed E-state index contributed by atoms with van der Waals surface area (Å²) in [4.78, 5) is 11.3. The number of benzene rings is 2. The van der Waals surface area contributed by atoms with Gasteiger partial charge in [0.2, 0.25) is 0 Å². The van der Waals surface area contributed by atoms with Gasteiger partial charge in [0, 0.05) is 28.7 Å². The fourth-order valence-corrected chi connectivity index (χ4v) is 2.79. The summed E-state index contributed by atoms with van der Waals surface area (Å²) in [6, 6.07) is 14.5. The molecule has 2 nitrogen and oxygen atoms in total. The Hall–Kier alpha value is -2.42. The molecule has 0 bridgehead atoms. The van der Waals surface area contributed by atoms with Crippen LogP contribution in [0.2, 0.25) is 0 Å². The predicted molar refractivity (Wildman–Crippen MR) is 82.2 cm³/mol. The predicted octanol–water partition coefficient (Wildman–Crippen LogP) is 4.14. The van der Waals surface area contributed by atoms with Crippen LogP contribution in [0.1, 0.15) is 21.6 Å². The van der Waals surface area contributed by atoms with Crippen molar-refractivity contribution in [2.24, 2.45) is 0 Å². The molecule has 3 rings (SSSR count). The molecule has 0 amide bonds. The van der Waals surface area contributed by atoms with Gasteiger partial charge in [0.05, 0.1) is 0 Å².